The van der Waals surface area contributed by atoms with E-state index in [2.05, 4.69) is 12.2 Å². The van der Waals surface area contributed by atoms with E-state index in [0.717, 1.165) is 18.6 Å². The standard InChI is InChI=1S/C13H16F2N2O/c1-8-3-4-17(7-8)13(18)9-5-10(14)12(16-2)11(15)6-9/h5-6,8,16H,3-4,7H2,1-2H3. The number of likely N-dealkylation sites (tertiary alicyclic amines) is 1. The molecule has 1 aromatic rings. The molecular formula is C13H16F2N2O. The number of anilines is 1. The lowest BCUT2D eigenvalue weighted by Crippen LogP contribution is -2.28. The summed E-state index contributed by atoms with van der Waals surface area (Å²) in [5.41, 5.74) is -0.139. The molecule has 1 aliphatic rings. The van der Waals surface area contributed by atoms with Gasteiger partial charge in [0, 0.05) is 25.7 Å². The molecule has 1 amide bonds. The minimum Gasteiger partial charge on any atom is -0.383 e. The zero-order valence-electron chi connectivity index (χ0n) is 10.5. The van der Waals surface area contributed by atoms with Gasteiger partial charge in [0.25, 0.3) is 5.91 Å². The van der Waals surface area contributed by atoms with Crippen LogP contribution in [0, 0.1) is 17.6 Å². The SMILES string of the molecule is CNc1c(F)cc(C(=O)N2CCC(C)C2)cc1F. The smallest absolute Gasteiger partial charge is 0.254 e. The van der Waals surface area contributed by atoms with Crippen molar-refractivity contribution >= 4 is 11.6 Å². The first-order valence-corrected chi connectivity index (χ1v) is 5.99. The van der Waals surface area contributed by atoms with Crippen molar-refractivity contribution < 1.29 is 13.6 Å². The zero-order chi connectivity index (χ0) is 13.3. The minimum atomic E-state index is -0.743. The van der Waals surface area contributed by atoms with Crippen LogP contribution in [0.25, 0.3) is 0 Å². The highest BCUT2D eigenvalue weighted by Crippen LogP contribution is 2.23. The molecule has 1 aliphatic heterocycles. The summed E-state index contributed by atoms with van der Waals surface area (Å²) in [5.74, 6) is -1.35. The second-order valence-electron chi connectivity index (χ2n) is 4.71. The number of amides is 1. The Balaban J connectivity index is 2.26. The molecule has 0 aliphatic carbocycles. The number of hydrogen-bond donors (Lipinski definition) is 1. The van der Waals surface area contributed by atoms with Crippen LogP contribution < -0.4 is 5.32 Å². The van der Waals surface area contributed by atoms with E-state index < -0.39 is 11.6 Å². The summed E-state index contributed by atoms with van der Waals surface area (Å²) in [5, 5.41) is 2.43. The Kier molecular flexibility index (Phi) is 3.50. The molecule has 0 radical (unpaired) electrons. The number of carbonyl (C=O) groups excluding carboxylic acids is 1. The van der Waals surface area contributed by atoms with Crippen LogP contribution >= 0.6 is 0 Å². The third-order valence-electron chi connectivity index (χ3n) is 3.25. The monoisotopic (exact) mass is 254 g/mol. The van der Waals surface area contributed by atoms with Crippen molar-refractivity contribution in [2.24, 2.45) is 5.92 Å². The van der Waals surface area contributed by atoms with Crippen LogP contribution in [-0.2, 0) is 0 Å². The van der Waals surface area contributed by atoms with Crippen molar-refractivity contribution in [1.29, 1.82) is 0 Å². The van der Waals surface area contributed by atoms with Crippen molar-refractivity contribution in [2.45, 2.75) is 13.3 Å². The number of nitrogens with zero attached hydrogens (tertiary/aromatic N) is 1. The Morgan fingerprint density at radius 3 is 2.44 bits per heavy atom. The molecule has 0 spiro atoms. The highest BCUT2D eigenvalue weighted by molar-refractivity contribution is 5.94. The second kappa shape index (κ2) is 4.92. The molecule has 1 heterocycles. The fourth-order valence-corrected chi connectivity index (χ4v) is 2.24. The number of hydrogen-bond acceptors (Lipinski definition) is 2. The van der Waals surface area contributed by atoms with Gasteiger partial charge in [0.05, 0.1) is 0 Å². The lowest BCUT2D eigenvalue weighted by Gasteiger charge is -2.16. The number of benzene rings is 1. The van der Waals surface area contributed by atoms with Gasteiger partial charge < -0.3 is 10.2 Å². The molecule has 0 bridgehead atoms. The van der Waals surface area contributed by atoms with Gasteiger partial charge in [-0.25, -0.2) is 8.78 Å². The molecule has 1 atom stereocenters. The Morgan fingerprint density at radius 1 is 1.39 bits per heavy atom. The average molecular weight is 254 g/mol. The van der Waals surface area contributed by atoms with Crippen molar-refractivity contribution in [3.8, 4) is 0 Å². The molecule has 0 saturated carbocycles. The maximum absolute atomic E-state index is 13.6. The molecule has 1 N–H and O–H groups in total. The maximum Gasteiger partial charge on any atom is 0.254 e. The van der Waals surface area contributed by atoms with Gasteiger partial charge >= 0.3 is 0 Å². The van der Waals surface area contributed by atoms with Gasteiger partial charge in [-0.15, -0.1) is 0 Å². The van der Waals surface area contributed by atoms with E-state index in [4.69, 9.17) is 0 Å². The van der Waals surface area contributed by atoms with E-state index in [-0.39, 0.29) is 17.2 Å². The zero-order valence-corrected chi connectivity index (χ0v) is 10.5. The first-order valence-electron chi connectivity index (χ1n) is 5.99. The number of rotatable bonds is 2. The summed E-state index contributed by atoms with van der Waals surface area (Å²) in [6.07, 6.45) is 0.936. The first-order chi connectivity index (χ1) is 8.52. The molecule has 1 unspecified atom stereocenters. The van der Waals surface area contributed by atoms with Gasteiger partial charge in [-0.05, 0) is 24.5 Å². The largest absolute Gasteiger partial charge is 0.383 e. The average Bonchev–Trinajstić information content (AvgIpc) is 2.74. The van der Waals surface area contributed by atoms with Gasteiger partial charge in [-0.1, -0.05) is 6.92 Å². The fraction of sp³-hybridized carbons (Fsp3) is 0.462. The summed E-state index contributed by atoms with van der Waals surface area (Å²) in [6.45, 7) is 3.35. The predicted molar refractivity (Wildman–Crippen MR) is 65.6 cm³/mol. The van der Waals surface area contributed by atoms with E-state index in [0.29, 0.717) is 19.0 Å². The highest BCUT2D eigenvalue weighted by Gasteiger charge is 2.25. The van der Waals surface area contributed by atoms with Crippen LogP contribution in [0.2, 0.25) is 0 Å². The van der Waals surface area contributed by atoms with Gasteiger partial charge in [0.2, 0.25) is 0 Å². The van der Waals surface area contributed by atoms with Crippen LogP contribution in [0.5, 0.6) is 0 Å². The number of nitrogens with one attached hydrogen (secondary N) is 1. The Hall–Kier alpha value is -1.65. The van der Waals surface area contributed by atoms with Gasteiger partial charge in [0.15, 0.2) is 0 Å². The van der Waals surface area contributed by atoms with Crippen molar-refractivity contribution in [2.75, 3.05) is 25.5 Å². The van der Waals surface area contributed by atoms with E-state index >= 15 is 0 Å². The number of halogens is 2. The Morgan fingerprint density at radius 2 is 2.00 bits per heavy atom. The van der Waals surface area contributed by atoms with E-state index in [1.54, 1.807) is 4.90 Å². The van der Waals surface area contributed by atoms with Gasteiger partial charge in [-0.3, -0.25) is 4.79 Å². The molecule has 98 valence electrons. The predicted octanol–water partition coefficient (Wildman–Crippen LogP) is 2.49. The van der Waals surface area contributed by atoms with E-state index in [9.17, 15) is 13.6 Å². The third-order valence-corrected chi connectivity index (χ3v) is 3.25. The van der Waals surface area contributed by atoms with Crippen LogP contribution in [0.15, 0.2) is 12.1 Å². The van der Waals surface area contributed by atoms with E-state index in [1.807, 2.05) is 0 Å². The lowest BCUT2D eigenvalue weighted by molar-refractivity contribution is 0.0787. The summed E-state index contributed by atoms with van der Waals surface area (Å²) in [6, 6.07) is 2.17. The second-order valence-corrected chi connectivity index (χ2v) is 4.71. The summed E-state index contributed by atoms with van der Waals surface area (Å²) in [7, 11) is 1.44. The van der Waals surface area contributed by atoms with Crippen LogP contribution in [-0.4, -0.2) is 30.9 Å². The molecular weight excluding hydrogens is 238 g/mol. The summed E-state index contributed by atoms with van der Waals surface area (Å²) >= 11 is 0. The summed E-state index contributed by atoms with van der Waals surface area (Å²) in [4.78, 5) is 13.7. The Labute approximate surface area is 105 Å². The molecule has 1 fully saturated rings. The molecule has 5 heteroatoms. The molecule has 1 saturated heterocycles. The van der Waals surface area contributed by atoms with Gasteiger partial charge in [-0.2, -0.15) is 0 Å². The van der Waals surface area contributed by atoms with Crippen LogP contribution in [0.1, 0.15) is 23.7 Å². The quantitative estimate of drug-likeness (QED) is 0.879. The Bertz CT molecular complexity index is 453. The van der Waals surface area contributed by atoms with Crippen molar-refractivity contribution in [1.82, 2.24) is 4.90 Å². The molecule has 2 rings (SSSR count). The topological polar surface area (TPSA) is 32.3 Å². The van der Waals surface area contributed by atoms with Crippen LogP contribution in [0.3, 0.4) is 0 Å². The highest BCUT2D eigenvalue weighted by atomic mass is 19.1. The molecule has 1 aromatic carbocycles. The minimum absolute atomic E-state index is 0.0677. The molecule has 3 nitrogen and oxygen atoms in total. The molecule has 0 aromatic heterocycles. The van der Waals surface area contributed by atoms with Gasteiger partial charge in [0.1, 0.15) is 17.3 Å². The third kappa shape index (κ3) is 2.30. The molecule has 18 heavy (non-hydrogen) atoms. The summed E-state index contributed by atoms with van der Waals surface area (Å²) < 4.78 is 27.1. The maximum atomic E-state index is 13.6. The first kappa shape index (κ1) is 12.8. The number of carbonyl (C=O) groups is 1. The van der Waals surface area contributed by atoms with Crippen LogP contribution in [0.4, 0.5) is 14.5 Å². The fourth-order valence-electron chi connectivity index (χ4n) is 2.24. The lowest BCUT2D eigenvalue weighted by atomic mass is 10.1. The van der Waals surface area contributed by atoms with Crippen molar-refractivity contribution in [3.05, 3.63) is 29.3 Å². The normalized spacial score (nSPS) is 19.1. The van der Waals surface area contributed by atoms with Crippen molar-refractivity contribution in [3.63, 3.8) is 0 Å². The van der Waals surface area contributed by atoms with E-state index in [1.165, 1.54) is 7.05 Å².